The number of hydrogen-bond acceptors (Lipinski definition) is 5. The Morgan fingerprint density at radius 3 is 2.00 bits per heavy atom. The van der Waals surface area contributed by atoms with Gasteiger partial charge in [0, 0.05) is 44.6 Å². The lowest BCUT2D eigenvalue weighted by molar-refractivity contribution is -0.136. The number of carbonyl (C=O) groups is 3. The fourth-order valence-electron chi connectivity index (χ4n) is 2.93. The minimum absolute atomic E-state index is 0.0824. The van der Waals surface area contributed by atoms with Gasteiger partial charge in [-0.2, -0.15) is 0 Å². The molecular weight excluding hydrogens is 382 g/mol. The van der Waals surface area contributed by atoms with Crippen molar-refractivity contribution in [1.29, 1.82) is 0 Å². The number of hydrogen-bond donors (Lipinski definition) is 3. The zero-order chi connectivity index (χ0) is 22.3. The number of anilines is 3. The van der Waals surface area contributed by atoms with Crippen molar-refractivity contribution in [3.8, 4) is 0 Å². The molecule has 0 unspecified atom stereocenters. The quantitative estimate of drug-likeness (QED) is 0.607. The number of likely N-dealkylation sites (N-methyl/N-ethyl adjacent to an activating group) is 1. The molecule has 2 rings (SSSR count). The van der Waals surface area contributed by atoms with Crippen LogP contribution in [-0.2, 0) is 14.4 Å². The van der Waals surface area contributed by atoms with Crippen molar-refractivity contribution in [2.45, 2.75) is 13.0 Å². The summed E-state index contributed by atoms with van der Waals surface area (Å²) in [7, 11) is 7.79. The van der Waals surface area contributed by atoms with Gasteiger partial charge in [0.15, 0.2) is 0 Å². The predicted molar refractivity (Wildman–Crippen MR) is 120 cm³/mol. The molecule has 0 radical (unpaired) electrons. The molecule has 8 nitrogen and oxygen atoms in total. The van der Waals surface area contributed by atoms with Crippen LogP contribution < -0.4 is 20.9 Å². The third-order valence-electron chi connectivity index (χ3n) is 4.52. The second kappa shape index (κ2) is 10.4. The van der Waals surface area contributed by atoms with Crippen LogP contribution >= 0.6 is 0 Å². The van der Waals surface area contributed by atoms with E-state index in [0.717, 1.165) is 11.3 Å². The van der Waals surface area contributed by atoms with Gasteiger partial charge in [0.05, 0.1) is 6.04 Å². The Morgan fingerprint density at radius 1 is 0.867 bits per heavy atom. The van der Waals surface area contributed by atoms with E-state index in [0.29, 0.717) is 11.4 Å². The predicted octanol–water partition coefficient (Wildman–Crippen LogP) is 2.07. The minimum Gasteiger partial charge on any atom is -0.378 e. The summed E-state index contributed by atoms with van der Waals surface area (Å²) in [5.41, 5.74) is 3.08. The van der Waals surface area contributed by atoms with E-state index in [9.17, 15) is 14.4 Å². The molecule has 0 saturated heterocycles. The Hall–Kier alpha value is -3.39. The van der Waals surface area contributed by atoms with Crippen molar-refractivity contribution < 1.29 is 14.4 Å². The Bertz CT molecular complexity index is 894. The molecule has 2 aromatic carbocycles. The summed E-state index contributed by atoms with van der Waals surface area (Å²) >= 11 is 0. The lowest BCUT2D eigenvalue weighted by Crippen LogP contribution is -2.40. The molecule has 8 heteroatoms. The number of carbonyl (C=O) groups excluding carboxylic acids is 3. The molecule has 0 aliphatic heterocycles. The van der Waals surface area contributed by atoms with Crippen LogP contribution in [0.1, 0.15) is 18.5 Å². The van der Waals surface area contributed by atoms with Crippen LogP contribution in [0.5, 0.6) is 0 Å². The maximum absolute atomic E-state index is 12.3. The van der Waals surface area contributed by atoms with Gasteiger partial charge in [0.25, 0.3) is 0 Å². The molecule has 0 fully saturated rings. The minimum atomic E-state index is -0.768. The van der Waals surface area contributed by atoms with Gasteiger partial charge < -0.3 is 25.8 Å². The van der Waals surface area contributed by atoms with E-state index in [1.54, 1.807) is 24.3 Å². The maximum atomic E-state index is 12.3. The van der Waals surface area contributed by atoms with Gasteiger partial charge in [-0.25, -0.2) is 0 Å². The molecule has 0 heterocycles. The molecule has 3 amide bonds. The largest absolute Gasteiger partial charge is 0.378 e. The van der Waals surface area contributed by atoms with Crippen molar-refractivity contribution in [3.05, 3.63) is 54.1 Å². The first kappa shape index (κ1) is 22.9. The SMILES string of the molecule is CC(=O)Nc1cccc(NC(=O)C(=O)NC[C@@H](c2ccc(N(C)C)cc2)N(C)C)c1. The van der Waals surface area contributed by atoms with E-state index in [2.05, 4.69) is 16.0 Å². The highest BCUT2D eigenvalue weighted by molar-refractivity contribution is 6.39. The Kier molecular flexibility index (Phi) is 7.94. The first-order chi connectivity index (χ1) is 14.2. The first-order valence-electron chi connectivity index (χ1n) is 9.58. The molecule has 0 bridgehead atoms. The fourth-order valence-corrected chi connectivity index (χ4v) is 2.93. The van der Waals surface area contributed by atoms with Crippen molar-refractivity contribution in [2.24, 2.45) is 0 Å². The molecule has 0 saturated carbocycles. The standard InChI is InChI=1S/C22H29N5O3/c1-15(28)24-17-7-6-8-18(13-17)25-22(30)21(29)23-14-20(27(4)5)16-9-11-19(12-10-16)26(2)3/h6-13,20H,14H2,1-5H3,(H,23,29)(H,24,28)(H,25,30)/t20-/m0/s1. The smallest absolute Gasteiger partial charge is 0.313 e. The summed E-state index contributed by atoms with van der Waals surface area (Å²) in [6, 6.07) is 14.6. The molecule has 0 spiro atoms. The normalized spacial score (nSPS) is 11.5. The van der Waals surface area contributed by atoms with Crippen LogP contribution in [0.25, 0.3) is 0 Å². The van der Waals surface area contributed by atoms with Gasteiger partial charge in [0.1, 0.15) is 0 Å². The van der Waals surface area contributed by atoms with Gasteiger partial charge >= 0.3 is 11.8 Å². The van der Waals surface area contributed by atoms with Gasteiger partial charge in [-0.3, -0.25) is 14.4 Å². The number of benzene rings is 2. The molecular formula is C22H29N5O3. The maximum Gasteiger partial charge on any atom is 0.313 e. The lowest BCUT2D eigenvalue weighted by atomic mass is 10.1. The van der Waals surface area contributed by atoms with Crippen LogP contribution in [0.3, 0.4) is 0 Å². The van der Waals surface area contributed by atoms with E-state index in [1.165, 1.54) is 6.92 Å². The summed E-state index contributed by atoms with van der Waals surface area (Å²) in [6.07, 6.45) is 0. The highest BCUT2D eigenvalue weighted by Gasteiger charge is 2.19. The summed E-state index contributed by atoms with van der Waals surface area (Å²) in [6.45, 7) is 1.68. The van der Waals surface area contributed by atoms with Crippen molar-refractivity contribution in [3.63, 3.8) is 0 Å². The van der Waals surface area contributed by atoms with Crippen molar-refractivity contribution in [2.75, 3.05) is 50.3 Å². The van der Waals surface area contributed by atoms with E-state index in [-0.39, 0.29) is 18.5 Å². The highest BCUT2D eigenvalue weighted by atomic mass is 16.2. The van der Waals surface area contributed by atoms with Crippen molar-refractivity contribution in [1.82, 2.24) is 10.2 Å². The van der Waals surface area contributed by atoms with Crippen LogP contribution in [0.2, 0.25) is 0 Å². The number of nitrogens with one attached hydrogen (secondary N) is 3. The van der Waals surface area contributed by atoms with Gasteiger partial charge in [-0.05, 0) is 50.0 Å². The second-order valence-corrected chi connectivity index (χ2v) is 7.39. The molecule has 2 aromatic rings. The Morgan fingerprint density at radius 2 is 1.47 bits per heavy atom. The first-order valence-corrected chi connectivity index (χ1v) is 9.58. The third kappa shape index (κ3) is 6.59. The molecule has 3 N–H and O–H groups in total. The van der Waals surface area contributed by atoms with Crippen molar-refractivity contribution >= 4 is 34.8 Å². The highest BCUT2D eigenvalue weighted by Crippen LogP contribution is 2.21. The van der Waals surface area contributed by atoms with E-state index < -0.39 is 11.8 Å². The molecule has 0 aliphatic carbocycles. The summed E-state index contributed by atoms with van der Waals surface area (Å²) in [4.78, 5) is 39.7. The lowest BCUT2D eigenvalue weighted by Gasteiger charge is -2.25. The van der Waals surface area contributed by atoms with E-state index in [4.69, 9.17) is 0 Å². The monoisotopic (exact) mass is 411 g/mol. The van der Waals surface area contributed by atoms with Crippen LogP contribution in [-0.4, -0.2) is 57.4 Å². The summed E-state index contributed by atoms with van der Waals surface area (Å²) in [5.74, 6) is -1.71. The number of amides is 3. The molecule has 30 heavy (non-hydrogen) atoms. The molecule has 0 aliphatic rings. The van der Waals surface area contributed by atoms with Crippen LogP contribution in [0, 0.1) is 0 Å². The van der Waals surface area contributed by atoms with Gasteiger partial charge in [-0.15, -0.1) is 0 Å². The van der Waals surface area contributed by atoms with Crippen LogP contribution in [0.4, 0.5) is 17.1 Å². The molecule has 0 aromatic heterocycles. The fraction of sp³-hybridized carbons (Fsp3) is 0.318. The average molecular weight is 412 g/mol. The molecule has 1 atom stereocenters. The topological polar surface area (TPSA) is 93.8 Å². The molecule has 160 valence electrons. The van der Waals surface area contributed by atoms with E-state index >= 15 is 0 Å². The Labute approximate surface area is 177 Å². The van der Waals surface area contributed by atoms with Gasteiger partial charge in [0.2, 0.25) is 5.91 Å². The van der Waals surface area contributed by atoms with Crippen LogP contribution in [0.15, 0.2) is 48.5 Å². The third-order valence-corrected chi connectivity index (χ3v) is 4.52. The zero-order valence-corrected chi connectivity index (χ0v) is 18.0. The zero-order valence-electron chi connectivity index (χ0n) is 18.0. The summed E-state index contributed by atoms with van der Waals surface area (Å²) < 4.78 is 0. The van der Waals surface area contributed by atoms with Gasteiger partial charge in [-0.1, -0.05) is 18.2 Å². The number of rotatable bonds is 7. The Balaban J connectivity index is 1.98. The second-order valence-electron chi connectivity index (χ2n) is 7.39. The van der Waals surface area contributed by atoms with E-state index in [1.807, 2.05) is 62.3 Å². The summed E-state index contributed by atoms with van der Waals surface area (Å²) in [5, 5.41) is 7.87. The number of nitrogens with zero attached hydrogens (tertiary/aromatic N) is 2. The average Bonchev–Trinajstić information content (AvgIpc) is 2.67.